The molecule has 0 radical (unpaired) electrons. The number of nitrogens with one attached hydrogen (secondary N) is 1. The van der Waals surface area contributed by atoms with Crippen LogP contribution in [0, 0.1) is 0 Å². The fourth-order valence-electron chi connectivity index (χ4n) is 3.13. The maximum absolute atomic E-state index is 6.25. The Morgan fingerprint density at radius 1 is 1.15 bits per heavy atom. The molecular weight excluding hydrogens is 293 g/mol. The van der Waals surface area contributed by atoms with E-state index in [2.05, 4.69) is 15.1 Å². The van der Waals surface area contributed by atoms with Gasteiger partial charge in [0.2, 0.25) is 0 Å². The fraction of sp³-hybridized carbons (Fsp3) is 0.600. The summed E-state index contributed by atoms with van der Waals surface area (Å²) in [5, 5.41) is 4.93. The third kappa shape index (κ3) is 3.46. The van der Waals surface area contributed by atoms with E-state index in [0.717, 1.165) is 50.3 Å². The predicted molar refractivity (Wildman–Crippen MR) is 84.6 cm³/mol. The first kappa shape index (κ1) is 14.6. The molecule has 1 aromatic rings. The Morgan fingerprint density at radius 2 is 1.95 bits per heavy atom. The second kappa shape index (κ2) is 6.63. The molecule has 2 heterocycles. The van der Waals surface area contributed by atoms with E-state index < -0.39 is 0 Å². The van der Waals surface area contributed by atoms with Gasteiger partial charge in [-0.1, -0.05) is 29.3 Å². The van der Waals surface area contributed by atoms with Crippen molar-refractivity contribution in [1.29, 1.82) is 0 Å². The molecule has 1 unspecified atom stereocenters. The number of piperazine rings is 1. The summed E-state index contributed by atoms with van der Waals surface area (Å²) >= 11 is 12.2. The van der Waals surface area contributed by atoms with Crippen LogP contribution in [0.25, 0.3) is 0 Å². The molecule has 5 heteroatoms. The van der Waals surface area contributed by atoms with Crippen molar-refractivity contribution in [2.75, 3.05) is 39.3 Å². The zero-order valence-electron chi connectivity index (χ0n) is 11.6. The lowest BCUT2D eigenvalue weighted by Crippen LogP contribution is -2.50. The normalized spacial score (nSPS) is 25.2. The molecular formula is C15H21Cl2N3. The van der Waals surface area contributed by atoms with E-state index in [-0.39, 0.29) is 0 Å². The van der Waals surface area contributed by atoms with Crippen LogP contribution in [0.5, 0.6) is 0 Å². The van der Waals surface area contributed by atoms with Gasteiger partial charge in [0.25, 0.3) is 0 Å². The molecule has 1 atom stereocenters. The van der Waals surface area contributed by atoms with Gasteiger partial charge in [-0.3, -0.25) is 9.80 Å². The van der Waals surface area contributed by atoms with Gasteiger partial charge in [-0.25, -0.2) is 0 Å². The third-order valence-corrected chi connectivity index (χ3v) is 4.95. The molecule has 1 aromatic carbocycles. The Hall–Kier alpha value is -0.320. The molecule has 0 saturated carbocycles. The van der Waals surface area contributed by atoms with E-state index in [1.54, 1.807) is 0 Å². The maximum atomic E-state index is 6.25. The first-order valence-corrected chi connectivity index (χ1v) is 8.09. The van der Waals surface area contributed by atoms with E-state index in [1.165, 1.54) is 18.5 Å². The number of rotatable bonds is 3. The topological polar surface area (TPSA) is 18.5 Å². The molecule has 0 amide bonds. The minimum atomic E-state index is 0.706. The van der Waals surface area contributed by atoms with Crippen molar-refractivity contribution in [3.8, 4) is 0 Å². The number of hydrogen-bond acceptors (Lipinski definition) is 3. The molecule has 2 aliphatic rings. The van der Waals surface area contributed by atoms with Crippen LogP contribution in [-0.2, 0) is 6.54 Å². The lowest BCUT2D eigenvalue weighted by atomic mass is 10.1. The summed E-state index contributed by atoms with van der Waals surface area (Å²) in [6, 6.07) is 6.54. The third-order valence-electron chi connectivity index (χ3n) is 4.37. The summed E-state index contributed by atoms with van der Waals surface area (Å²) in [6.07, 6.45) is 1.29. The monoisotopic (exact) mass is 313 g/mol. The number of nitrogens with zero attached hydrogens (tertiary/aromatic N) is 2. The van der Waals surface area contributed by atoms with Crippen LogP contribution < -0.4 is 5.32 Å². The molecule has 1 N–H and O–H groups in total. The van der Waals surface area contributed by atoms with Crippen LogP contribution in [0.4, 0.5) is 0 Å². The summed E-state index contributed by atoms with van der Waals surface area (Å²) in [4.78, 5) is 5.11. The van der Waals surface area contributed by atoms with Crippen molar-refractivity contribution >= 4 is 23.2 Å². The van der Waals surface area contributed by atoms with E-state index in [9.17, 15) is 0 Å². The highest BCUT2D eigenvalue weighted by atomic mass is 35.5. The minimum Gasteiger partial charge on any atom is -0.315 e. The molecule has 2 fully saturated rings. The zero-order chi connectivity index (χ0) is 13.9. The average molecular weight is 314 g/mol. The van der Waals surface area contributed by atoms with Gasteiger partial charge in [-0.2, -0.15) is 0 Å². The molecule has 3 nitrogen and oxygen atoms in total. The van der Waals surface area contributed by atoms with E-state index in [4.69, 9.17) is 23.2 Å². The van der Waals surface area contributed by atoms with Crippen molar-refractivity contribution in [3.05, 3.63) is 33.8 Å². The van der Waals surface area contributed by atoms with E-state index in [1.807, 2.05) is 18.2 Å². The first-order chi connectivity index (χ1) is 9.72. The Morgan fingerprint density at radius 3 is 2.60 bits per heavy atom. The summed E-state index contributed by atoms with van der Waals surface area (Å²) in [5.41, 5.74) is 1.17. The van der Waals surface area contributed by atoms with Gasteiger partial charge in [0.15, 0.2) is 0 Å². The van der Waals surface area contributed by atoms with Crippen molar-refractivity contribution in [2.24, 2.45) is 0 Å². The molecule has 110 valence electrons. The van der Waals surface area contributed by atoms with E-state index >= 15 is 0 Å². The summed E-state index contributed by atoms with van der Waals surface area (Å²) in [7, 11) is 0. The maximum Gasteiger partial charge on any atom is 0.0465 e. The second-order valence-corrected chi connectivity index (χ2v) is 6.54. The minimum absolute atomic E-state index is 0.706. The first-order valence-electron chi connectivity index (χ1n) is 7.33. The fourth-order valence-corrected chi connectivity index (χ4v) is 3.60. The second-order valence-electron chi connectivity index (χ2n) is 5.69. The highest BCUT2D eigenvalue weighted by Crippen LogP contribution is 2.23. The van der Waals surface area contributed by atoms with Gasteiger partial charge in [0.1, 0.15) is 0 Å². The van der Waals surface area contributed by atoms with Gasteiger partial charge < -0.3 is 5.32 Å². The molecule has 2 saturated heterocycles. The smallest absolute Gasteiger partial charge is 0.0465 e. The van der Waals surface area contributed by atoms with Gasteiger partial charge in [0, 0.05) is 55.4 Å². The molecule has 0 aromatic heterocycles. The van der Waals surface area contributed by atoms with E-state index in [0.29, 0.717) is 5.02 Å². The number of benzene rings is 1. The van der Waals surface area contributed by atoms with Gasteiger partial charge >= 0.3 is 0 Å². The lowest BCUT2D eigenvalue weighted by molar-refractivity contribution is 0.0981. The molecule has 20 heavy (non-hydrogen) atoms. The molecule has 0 spiro atoms. The SMILES string of the molecule is Clc1ccc(CN2CCN(C3CCNC3)CC2)c(Cl)c1. The van der Waals surface area contributed by atoms with Crippen LogP contribution in [0.15, 0.2) is 18.2 Å². The number of halogens is 2. The Balaban J connectivity index is 1.53. The van der Waals surface area contributed by atoms with Crippen molar-refractivity contribution in [1.82, 2.24) is 15.1 Å². The molecule has 3 rings (SSSR count). The zero-order valence-corrected chi connectivity index (χ0v) is 13.1. The summed E-state index contributed by atoms with van der Waals surface area (Å²) in [5.74, 6) is 0. The molecule has 0 aliphatic carbocycles. The number of hydrogen-bond donors (Lipinski definition) is 1. The van der Waals surface area contributed by atoms with Crippen LogP contribution in [0.3, 0.4) is 0 Å². The highest BCUT2D eigenvalue weighted by Gasteiger charge is 2.26. The Bertz CT molecular complexity index is 452. The van der Waals surface area contributed by atoms with Gasteiger partial charge in [-0.15, -0.1) is 0 Å². The average Bonchev–Trinajstić information content (AvgIpc) is 2.97. The van der Waals surface area contributed by atoms with Crippen LogP contribution in [0.2, 0.25) is 10.0 Å². The Labute approximate surface area is 130 Å². The molecule has 0 bridgehead atoms. The van der Waals surface area contributed by atoms with Gasteiger partial charge in [-0.05, 0) is 30.7 Å². The van der Waals surface area contributed by atoms with Crippen molar-refractivity contribution in [2.45, 2.75) is 19.0 Å². The highest BCUT2D eigenvalue weighted by molar-refractivity contribution is 6.35. The summed E-state index contributed by atoms with van der Waals surface area (Å²) < 4.78 is 0. The van der Waals surface area contributed by atoms with Crippen LogP contribution in [-0.4, -0.2) is 55.1 Å². The lowest BCUT2D eigenvalue weighted by Gasteiger charge is -2.37. The summed E-state index contributed by atoms with van der Waals surface area (Å²) in [6.45, 7) is 7.82. The largest absolute Gasteiger partial charge is 0.315 e. The van der Waals surface area contributed by atoms with Gasteiger partial charge in [0.05, 0.1) is 0 Å². The van der Waals surface area contributed by atoms with Crippen LogP contribution >= 0.6 is 23.2 Å². The van der Waals surface area contributed by atoms with Crippen molar-refractivity contribution in [3.63, 3.8) is 0 Å². The van der Waals surface area contributed by atoms with Crippen molar-refractivity contribution < 1.29 is 0 Å². The standard InChI is InChI=1S/C15H21Cl2N3/c16-13-2-1-12(15(17)9-13)11-19-5-7-20(8-6-19)14-3-4-18-10-14/h1-2,9,14,18H,3-8,10-11H2. The predicted octanol–water partition coefficient (Wildman–Crippen LogP) is 2.47. The molecule has 2 aliphatic heterocycles. The Kier molecular flexibility index (Phi) is 4.84. The van der Waals surface area contributed by atoms with Crippen LogP contribution in [0.1, 0.15) is 12.0 Å². The quantitative estimate of drug-likeness (QED) is 0.925.